The number of nitrogens with one attached hydrogen (secondary N) is 1. The van der Waals surface area contributed by atoms with Crippen molar-refractivity contribution in [2.45, 2.75) is 38.0 Å². The molecule has 0 bridgehead atoms. The molecule has 1 aromatic rings. The quantitative estimate of drug-likeness (QED) is 0.598. The van der Waals surface area contributed by atoms with Gasteiger partial charge in [0.05, 0.1) is 0 Å². The largest absolute Gasteiger partial charge is 0.310 e. The van der Waals surface area contributed by atoms with E-state index in [-0.39, 0.29) is 0 Å². The van der Waals surface area contributed by atoms with Crippen LogP contribution in [0.25, 0.3) is 0 Å². The Morgan fingerprint density at radius 1 is 1.43 bits per heavy atom. The number of nitrogens with zero attached hydrogens (tertiary/aromatic N) is 2. The Morgan fingerprint density at radius 2 is 2.07 bits per heavy atom. The molecule has 0 aliphatic rings. The summed E-state index contributed by atoms with van der Waals surface area (Å²) < 4.78 is 0. The van der Waals surface area contributed by atoms with Crippen molar-refractivity contribution in [3.8, 4) is 0 Å². The lowest BCUT2D eigenvalue weighted by molar-refractivity contribution is 0.532. The monoisotopic (exact) mass is 211 g/mol. The number of rotatable bonds is 5. The predicted molar refractivity (Wildman–Crippen MR) is 60.4 cm³/mol. The van der Waals surface area contributed by atoms with Crippen LogP contribution in [0, 0.1) is 0 Å². The molecule has 1 aromatic heterocycles. The minimum atomic E-state index is 0.551. The summed E-state index contributed by atoms with van der Waals surface area (Å²) in [6, 6.07) is 0.551. The predicted octanol–water partition coefficient (Wildman–Crippen LogP) is 2.09. The Balaban J connectivity index is 2.43. The van der Waals surface area contributed by atoms with Crippen molar-refractivity contribution >= 4 is 11.8 Å². The maximum absolute atomic E-state index is 4.21. The molecule has 0 fully saturated rings. The molecule has 78 valence electrons. The van der Waals surface area contributed by atoms with Crippen molar-refractivity contribution in [3.05, 3.63) is 18.0 Å². The van der Waals surface area contributed by atoms with Crippen molar-refractivity contribution in [1.82, 2.24) is 15.3 Å². The van der Waals surface area contributed by atoms with Crippen LogP contribution in [0.3, 0.4) is 0 Å². The summed E-state index contributed by atoms with van der Waals surface area (Å²) in [5.74, 6) is 0. The van der Waals surface area contributed by atoms with E-state index in [1.165, 1.54) is 0 Å². The highest BCUT2D eigenvalue weighted by Crippen LogP contribution is 2.06. The van der Waals surface area contributed by atoms with Gasteiger partial charge in [0, 0.05) is 30.5 Å². The standard InChI is InChI=1S/C10H17N3S/c1-4-8(2)11-5-9-6-12-10(14-3)13-7-9/h6-8,11H,4-5H2,1-3H3. The van der Waals surface area contributed by atoms with Gasteiger partial charge >= 0.3 is 0 Å². The molecule has 0 radical (unpaired) electrons. The third-order valence-electron chi connectivity index (χ3n) is 2.13. The van der Waals surface area contributed by atoms with Crippen molar-refractivity contribution < 1.29 is 0 Å². The van der Waals surface area contributed by atoms with Gasteiger partial charge in [0.15, 0.2) is 5.16 Å². The molecule has 1 rings (SSSR count). The second-order valence-electron chi connectivity index (χ2n) is 3.27. The van der Waals surface area contributed by atoms with E-state index in [1.54, 1.807) is 11.8 Å². The lowest BCUT2D eigenvalue weighted by atomic mass is 10.2. The lowest BCUT2D eigenvalue weighted by Crippen LogP contribution is -2.24. The summed E-state index contributed by atoms with van der Waals surface area (Å²) in [5.41, 5.74) is 1.14. The van der Waals surface area contributed by atoms with Gasteiger partial charge in [-0.2, -0.15) is 0 Å². The Kier molecular flexibility index (Phi) is 4.90. The van der Waals surface area contributed by atoms with Crippen LogP contribution < -0.4 is 5.32 Å². The van der Waals surface area contributed by atoms with Gasteiger partial charge in [-0.25, -0.2) is 9.97 Å². The highest BCUT2D eigenvalue weighted by molar-refractivity contribution is 7.98. The van der Waals surface area contributed by atoms with E-state index in [9.17, 15) is 0 Å². The topological polar surface area (TPSA) is 37.8 Å². The Hall–Kier alpha value is -0.610. The minimum absolute atomic E-state index is 0.551. The SMILES string of the molecule is CCC(C)NCc1cnc(SC)nc1. The maximum atomic E-state index is 4.21. The first-order valence-corrected chi connectivity index (χ1v) is 6.07. The number of aromatic nitrogens is 2. The number of thioether (sulfide) groups is 1. The number of hydrogen-bond acceptors (Lipinski definition) is 4. The van der Waals surface area contributed by atoms with Crippen LogP contribution in [0.1, 0.15) is 25.8 Å². The van der Waals surface area contributed by atoms with E-state index < -0.39 is 0 Å². The van der Waals surface area contributed by atoms with Crippen LogP contribution in [0.4, 0.5) is 0 Å². The average Bonchev–Trinajstić information content (AvgIpc) is 2.26. The van der Waals surface area contributed by atoms with Crippen LogP contribution in [-0.4, -0.2) is 22.3 Å². The molecule has 0 aromatic carbocycles. The summed E-state index contributed by atoms with van der Waals surface area (Å²) in [6.45, 7) is 5.20. The molecular formula is C10H17N3S. The van der Waals surface area contributed by atoms with E-state index in [2.05, 4.69) is 29.1 Å². The lowest BCUT2D eigenvalue weighted by Gasteiger charge is -2.10. The summed E-state index contributed by atoms with van der Waals surface area (Å²) in [6.07, 6.45) is 6.89. The molecule has 0 aliphatic heterocycles. The number of hydrogen-bond donors (Lipinski definition) is 1. The fourth-order valence-corrected chi connectivity index (χ4v) is 1.29. The van der Waals surface area contributed by atoms with E-state index in [0.29, 0.717) is 6.04 Å². The zero-order chi connectivity index (χ0) is 10.4. The van der Waals surface area contributed by atoms with Gasteiger partial charge in [0.2, 0.25) is 0 Å². The molecule has 1 N–H and O–H groups in total. The highest BCUT2D eigenvalue weighted by atomic mass is 32.2. The Morgan fingerprint density at radius 3 is 2.57 bits per heavy atom. The summed E-state index contributed by atoms with van der Waals surface area (Å²) in [7, 11) is 0. The van der Waals surface area contributed by atoms with Crippen molar-refractivity contribution in [1.29, 1.82) is 0 Å². The van der Waals surface area contributed by atoms with Crippen molar-refractivity contribution in [2.75, 3.05) is 6.26 Å². The fourth-order valence-electron chi connectivity index (χ4n) is 0.976. The summed E-state index contributed by atoms with van der Waals surface area (Å²) >= 11 is 1.56. The molecular weight excluding hydrogens is 194 g/mol. The van der Waals surface area contributed by atoms with Gasteiger partial charge in [-0.3, -0.25) is 0 Å². The van der Waals surface area contributed by atoms with E-state index in [0.717, 1.165) is 23.7 Å². The van der Waals surface area contributed by atoms with Gasteiger partial charge in [-0.15, -0.1) is 0 Å². The molecule has 0 saturated carbocycles. The zero-order valence-corrected chi connectivity index (χ0v) is 9.77. The van der Waals surface area contributed by atoms with Gasteiger partial charge in [-0.05, 0) is 19.6 Å². The van der Waals surface area contributed by atoms with Gasteiger partial charge in [0.25, 0.3) is 0 Å². The Labute approximate surface area is 89.7 Å². The second-order valence-corrected chi connectivity index (χ2v) is 4.04. The minimum Gasteiger partial charge on any atom is -0.310 e. The van der Waals surface area contributed by atoms with Crippen molar-refractivity contribution in [3.63, 3.8) is 0 Å². The normalized spacial score (nSPS) is 12.8. The molecule has 4 heteroatoms. The average molecular weight is 211 g/mol. The smallest absolute Gasteiger partial charge is 0.187 e. The van der Waals surface area contributed by atoms with Crippen molar-refractivity contribution in [2.24, 2.45) is 0 Å². The molecule has 1 unspecified atom stereocenters. The van der Waals surface area contributed by atoms with Crippen LogP contribution >= 0.6 is 11.8 Å². The highest BCUT2D eigenvalue weighted by Gasteiger charge is 1.99. The first kappa shape index (κ1) is 11.5. The zero-order valence-electron chi connectivity index (χ0n) is 8.95. The van der Waals surface area contributed by atoms with E-state index >= 15 is 0 Å². The summed E-state index contributed by atoms with van der Waals surface area (Å²) in [5, 5.41) is 4.23. The van der Waals surface area contributed by atoms with Gasteiger partial charge in [-0.1, -0.05) is 18.7 Å². The van der Waals surface area contributed by atoms with E-state index in [4.69, 9.17) is 0 Å². The van der Waals surface area contributed by atoms with E-state index in [1.807, 2.05) is 18.6 Å². The molecule has 14 heavy (non-hydrogen) atoms. The maximum Gasteiger partial charge on any atom is 0.187 e. The summed E-state index contributed by atoms with van der Waals surface area (Å²) in [4.78, 5) is 8.43. The molecule has 0 spiro atoms. The molecule has 0 aliphatic carbocycles. The molecule has 3 nitrogen and oxygen atoms in total. The third kappa shape index (κ3) is 3.64. The van der Waals surface area contributed by atoms with Crippen LogP contribution in [-0.2, 0) is 6.54 Å². The molecule has 1 atom stereocenters. The van der Waals surface area contributed by atoms with Gasteiger partial charge in [0.1, 0.15) is 0 Å². The van der Waals surface area contributed by atoms with Crippen LogP contribution in [0.2, 0.25) is 0 Å². The fraction of sp³-hybridized carbons (Fsp3) is 0.600. The van der Waals surface area contributed by atoms with Gasteiger partial charge < -0.3 is 5.32 Å². The van der Waals surface area contributed by atoms with Crippen LogP contribution in [0.15, 0.2) is 17.6 Å². The molecule has 1 heterocycles. The first-order valence-electron chi connectivity index (χ1n) is 4.84. The molecule has 0 saturated heterocycles. The van der Waals surface area contributed by atoms with Crippen LogP contribution in [0.5, 0.6) is 0 Å². The second kappa shape index (κ2) is 5.98. The Bertz CT molecular complexity index is 261. The third-order valence-corrected chi connectivity index (χ3v) is 2.71. The first-order chi connectivity index (χ1) is 6.76. The molecule has 0 amide bonds.